The van der Waals surface area contributed by atoms with Crippen LogP contribution < -0.4 is 16.0 Å². The van der Waals surface area contributed by atoms with E-state index in [2.05, 4.69) is 21.4 Å². The van der Waals surface area contributed by atoms with E-state index in [-0.39, 0.29) is 6.42 Å². The van der Waals surface area contributed by atoms with E-state index in [0.717, 1.165) is 5.56 Å². The molecule has 0 fully saturated rings. The van der Waals surface area contributed by atoms with Crippen LogP contribution in [0.15, 0.2) is 22.7 Å². The van der Waals surface area contributed by atoms with Crippen LogP contribution in [0.25, 0.3) is 0 Å². The Kier molecular flexibility index (Phi) is 5.43. The van der Waals surface area contributed by atoms with Gasteiger partial charge in [-0.25, -0.2) is 0 Å². The number of benzene rings is 1. The minimum Gasteiger partial charge on any atom is -0.496 e. The number of hydrogen-bond donors (Lipinski definition) is 2. The molecular weight excluding hydrogens is 313 g/mol. The highest BCUT2D eigenvalue weighted by molar-refractivity contribution is 9.10. The largest absolute Gasteiger partial charge is 0.496 e. The van der Waals surface area contributed by atoms with Crippen molar-refractivity contribution in [2.45, 2.75) is 25.1 Å². The maximum atomic E-state index is 12.3. The highest BCUT2D eigenvalue weighted by Crippen LogP contribution is 2.27. The number of alkyl halides is 3. The van der Waals surface area contributed by atoms with E-state index in [1.165, 1.54) is 7.11 Å². The maximum Gasteiger partial charge on any atom is 0.390 e. The van der Waals surface area contributed by atoms with Crippen LogP contribution in [-0.4, -0.2) is 19.3 Å². The van der Waals surface area contributed by atoms with Crippen molar-refractivity contribution in [1.82, 2.24) is 5.43 Å². The fourth-order valence-corrected chi connectivity index (χ4v) is 2.18. The zero-order valence-electron chi connectivity index (χ0n) is 9.72. The Bertz CT molecular complexity index is 398. The Hall–Kier alpha value is -0.790. The van der Waals surface area contributed by atoms with E-state index in [9.17, 15) is 13.2 Å². The highest BCUT2D eigenvalue weighted by atomic mass is 79.9. The van der Waals surface area contributed by atoms with Crippen molar-refractivity contribution in [2.24, 2.45) is 5.84 Å². The van der Waals surface area contributed by atoms with Crippen LogP contribution in [0.2, 0.25) is 0 Å². The van der Waals surface area contributed by atoms with Gasteiger partial charge in [-0.15, -0.1) is 0 Å². The third-order valence-electron chi connectivity index (χ3n) is 2.41. The number of methoxy groups -OCH3 is 1. The molecule has 0 bridgehead atoms. The normalized spacial score (nSPS) is 13.4. The molecule has 3 N–H and O–H groups in total. The number of nitrogens with two attached hydrogens (primary N) is 1. The molecule has 1 aromatic rings. The molecule has 0 radical (unpaired) electrons. The fraction of sp³-hybridized carbons (Fsp3) is 0.455. The number of hydrogen-bond acceptors (Lipinski definition) is 3. The molecule has 1 aromatic carbocycles. The number of hydrazine groups is 1. The first-order valence-electron chi connectivity index (χ1n) is 5.21. The minimum absolute atomic E-state index is 0.193. The number of ether oxygens (including phenoxy) is 1. The summed E-state index contributed by atoms with van der Waals surface area (Å²) in [5.41, 5.74) is 2.93. The first kappa shape index (κ1) is 15.3. The van der Waals surface area contributed by atoms with Crippen molar-refractivity contribution in [3.05, 3.63) is 28.2 Å². The minimum atomic E-state index is -4.24. The van der Waals surface area contributed by atoms with Gasteiger partial charge >= 0.3 is 6.18 Å². The van der Waals surface area contributed by atoms with E-state index in [0.29, 0.717) is 10.2 Å². The SMILES string of the molecule is COc1ccc(CC(CC(F)(F)F)NN)cc1Br. The molecule has 0 aliphatic carbocycles. The molecule has 1 unspecified atom stereocenters. The quantitative estimate of drug-likeness (QED) is 0.646. The maximum absolute atomic E-state index is 12.3. The van der Waals surface area contributed by atoms with Crippen molar-refractivity contribution < 1.29 is 17.9 Å². The number of halogens is 4. The van der Waals surface area contributed by atoms with Crippen LogP contribution in [-0.2, 0) is 6.42 Å². The summed E-state index contributed by atoms with van der Waals surface area (Å²) >= 11 is 3.28. The molecule has 18 heavy (non-hydrogen) atoms. The molecule has 0 saturated heterocycles. The van der Waals surface area contributed by atoms with E-state index < -0.39 is 18.6 Å². The second-order valence-corrected chi connectivity index (χ2v) is 4.71. The van der Waals surface area contributed by atoms with Crippen LogP contribution in [0, 0.1) is 0 Å². The summed E-state index contributed by atoms with van der Waals surface area (Å²) in [7, 11) is 1.52. The molecule has 3 nitrogen and oxygen atoms in total. The monoisotopic (exact) mass is 326 g/mol. The van der Waals surface area contributed by atoms with Gasteiger partial charge in [0.1, 0.15) is 5.75 Å². The Morgan fingerprint density at radius 2 is 2.11 bits per heavy atom. The van der Waals surface area contributed by atoms with Crippen molar-refractivity contribution >= 4 is 15.9 Å². The van der Waals surface area contributed by atoms with Crippen molar-refractivity contribution in [3.63, 3.8) is 0 Å². The lowest BCUT2D eigenvalue weighted by molar-refractivity contribution is -0.140. The van der Waals surface area contributed by atoms with Crippen LogP contribution in [0.4, 0.5) is 13.2 Å². The lowest BCUT2D eigenvalue weighted by Gasteiger charge is -2.18. The molecule has 0 aliphatic rings. The summed E-state index contributed by atoms with van der Waals surface area (Å²) in [6, 6.07) is 4.29. The van der Waals surface area contributed by atoms with Crippen molar-refractivity contribution in [1.29, 1.82) is 0 Å². The van der Waals surface area contributed by atoms with Gasteiger partial charge in [0.25, 0.3) is 0 Å². The molecule has 0 aromatic heterocycles. The molecular formula is C11H14BrF3N2O. The third kappa shape index (κ3) is 4.83. The zero-order valence-corrected chi connectivity index (χ0v) is 11.3. The Balaban J connectivity index is 2.73. The molecule has 7 heteroatoms. The summed E-state index contributed by atoms with van der Waals surface area (Å²) < 4.78 is 42.5. The summed E-state index contributed by atoms with van der Waals surface area (Å²) in [5.74, 6) is 5.77. The van der Waals surface area contributed by atoms with Gasteiger partial charge in [0.2, 0.25) is 0 Å². The molecule has 0 saturated carbocycles. The smallest absolute Gasteiger partial charge is 0.390 e. The topological polar surface area (TPSA) is 47.3 Å². The second-order valence-electron chi connectivity index (χ2n) is 3.86. The molecule has 1 rings (SSSR count). The van der Waals surface area contributed by atoms with Crippen LogP contribution in [0.1, 0.15) is 12.0 Å². The average Bonchev–Trinajstić information content (AvgIpc) is 2.26. The lowest BCUT2D eigenvalue weighted by atomic mass is 10.0. The summed E-state index contributed by atoms with van der Waals surface area (Å²) in [6.45, 7) is 0. The first-order valence-corrected chi connectivity index (χ1v) is 6.00. The van der Waals surface area contributed by atoms with Gasteiger partial charge in [0.15, 0.2) is 0 Å². The van der Waals surface area contributed by atoms with Gasteiger partial charge < -0.3 is 4.74 Å². The van der Waals surface area contributed by atoms with E-state index in [1.54, 1.807) is 18.2 Å². The molecule has 0 heterocycles. The van der Waals surface area contributed by atoms with Crippen molar-refractivity contribution in [3.8, 4) is 5.75 Å². The zero-order chi connectivity index (χ0) is 13.8. The Morgan fingerprint density at radius 1 is 1.44 bits per heavy atom. The van der Waals surface area contributed by atoms with Gasteiger partial charge in [0, 0.05) is 6.04 Å². The van der Waals surface area contributed by atoms with Gasteiger partial charge in [-0.05, 0) is 40.0 Å². The first-order chi connectivity index (χ1) is 8.35. The predicted octanol–water partition coefficient (Wildman–Crippen LogP) is 2.78. The molecule has 102 valence electrons. The number of nitrogens with one attached hydrogen (secondary N) is 1. The Morgan fingerprint density at radius 3 is 2.56 bits per heavy atom. The lowest BCUT2D eigenvalue weighted by Crippen LogP contribution is -2.40. The summed E-state index contributed by atoms with van der Waals surface area (Å²) in [4.78, 5) is 0. The predicted molar refractivity (Wildman–Crippen MR) is 66.2 cm³/mol. The fourth-order valence-electron chi connectivity index (χ4n) is 1.59. The van der Waals surface area contributed by atoms with E-state index in [4.69, 9.17) is 10.6 Å². The van der Waals surface area contributed by atoms with Gasteiger partial charge in [-0.2, -0.15) is 13.2 Å². The van der Waals surface area contributed by atoms with Gasteiger partial charge in [0.05, 0.1) is 18.0 Å². The van der Waals surface area contributed by atoms with E-state index >= 15 is 0 Å². The van der Waals surface area contributed by atoms with Crippen LogP contribution in [0.3, 0.4) is 0 Å². The standard InChI is InChI=1S/C11H14BrF3N2O/c1-18-10-3-2-7(5-9(10)12)4-8(17-16)6-11(13,14)15/h2-3,5,8,17H,4,6,16H2,1H3. The molecule has 0 aliphatic heterocycles. The molecule has 1 atom stereocenters. The summed E-state index contributed by atoms with van der Waals surface area (Å²) in [6.07, 6.45) is -5.01. The highest BCUT2D eigenvalue weighted by Gasteiger charge is 2.31. The van der Waals surface area contributed by atoms with Gasteiger partial charge in [-0.3, -0.25) is 11.3 Å². The number of rotatable bonds is 5. The molecule has 0 amide bonds. The average molecular weight is 327 g/mol. The van der Waals surface area contributed by atoms with Crippen LogP contribution >= 0.6 is 15.9 Å². The van der Waals surface area contributed by atoms with Crippen molar-refractivity contribution in [2.75, 3.05) is 7.11 Å². The second kappa shape index (κ2) is 6.40. The Labute approximate surface area is 112 Å². The van der Waals surface area contributed by atoms with Crippen LogP contribution in [0.5, 0.6) is 5.75 Å². The van der Waals surface area contributed by atoms with E-state index in [1.807, 2.05) is 0 Å². The van der Waals surface area contributed by atoms with Gasteiger partial charge in [-0.1, -0.05) is 6.07 Å². The molecule has 0 spiro atoms. The summed E-state index contributed by atoms with van der Waals surface area (Å²) in [5, 5.41) is 0. The third-order valence-corrected chi connectivity index (χ3v) is 3.03.